The van der Waals surface area contributed by atoms with Crippen LogP contribution in [-0.2, 0) is 30.3 Å². The Kier molecular flexibility index (Phi) is 12.6. The number of nitrogens with one attached hydrogen (secondary N) is 3. The van der Waals surface area contributed by atoms with Crippen LogP contribution < -0.4 is 15.1 Å². The number of ether oxygens (including phenoxy) is 1. The summed E-state index contributed by atoms with van der Waals surface area (Å²) in [6.45, 7) is 14.4. The first-order valence-corrected chi connectivity index (χ1v) is 20.5. The molecule has 0 saturated heterocycles. The third-order valence-corrected chi connectivity index (χ3v) is 14.4. The lowest BCUT2D eigenvalue weighted by Crippen LogP contribution is -2.54. The molecule has 0 radical (unpaired) electrons. The van der Waals surface area contributed by atoms with E-state index < -0.39 is 44.2 Å². The Hall–Kier alpha value is -4.09. The number of hydrogen-bond donors (Lipinski definition) is 3. The van der Waals surface area contributed by atoms with E-state index in [9.17, 15) is 19.2 Å². The second-order valence-corrected chi connectivity index (χ2v) is 19.8. The van der Waals surface area contributed by atoms with Crippen LogP contribution in [-0.4, -0.2) is 67.6 Å². The van der Waals surface area contributed by atoms with Gasteiger partial charge < -0.3 is 29.7 Å². The maximum Gasteiger partial charge on any atom is 0.308 e. The van der Waals surface area contributed by atoms with E-state index in [2.05, 4.69) is 49.5 Å². The fourth-order valence-electron chi connectivity index (χ4n) is 5.63. The lowest BCUT2D eigenvalue weighted by atomic mass is 9.99. The minimum absolute atomic E-state index is 0.0504. The van der Waals surface area contributed by atoms with Gasteiger partial charge in [-0.3, -0.25) is 19.2 Å². The summed E-state index contributed by atoms with van der Waals surface area (Å²) in [5, 5.41) is 7.08. The molecule has 4 rings (SSSR count). The zero-order valence-corrected chi connectivity index (χ0v) is 32.2. The SMILES string of the molecule is C/C1=C\CCOC(=O)C[C@H](c2ccc(O[Si](C)(C)C(C)(C)C)c(Cl)c2)NC(=O)[C@@H](Cc2c[nH]c3ccccc23)N(C)C(=O)[C@H](C)NC(=O)CC1. The number of likely N-dealkylation sites (N-methyl/N-ethyl adjacent to an activating group) is 1. The highest BCUT2D eigenvalue weighted by Crippen LogP contribution is 2.40. The molecule has 3 N–H and O–H groups in total. The number of esters is 1. The number of aromatic nitrogens is 1. The highest BCUT2D eigenvalue weighted by atomic mass is 35.5. The van der Waals surface area contributed by atoms with Crippen LogP contribution in [0.15, 0.2) is 60.3 Å². The first-order chi connectivity index (χ1) is 23.5. The molecule has 3 amide bonds. The van der Waals surface area contributed by atoms with Gasteiger partial charge >= 0.3 is 5.97 Å². The third-order valence-electron chi connectivity index (χ3n) is 9.79. The van der Waals surface area contributed by atoms with Crippen molar-refractivity contribution in [2.24, 2.45) is 0 Å². The van der Waals surface area contributed by atoms with Gasteiger partial charge in [0.2, 0.25) is 17.7 Å². The van der Waals surface area contributed by atoms with Crippen LogP contribution in [0.3, 0.4) is 0 Å². The molecule has 50 heavy (non-hydrogen) atoms. The Labute approximate surface area is 301 Å². The first kappa shape index (κ1) is 38.7. The number of cyclic esters (lactones) is 1. The minimum atomic E-state index is -2.21. The lowest BCUT2D eigenvalue weighted by molar-refractivity contribution is -0.145. The number of rotatable bonds is 5. The summed E-state index contributed by atoms with van der Waals surface area (Å²) in [5.41, 5.74) is 3.31. The third kappa shape index (κ3) is 9.78. The Balaban J connectivity index is 1.72. The van der Waals surface area contributed by atoms with E-state index in [0.29, 0.717) is 29.2 Å². The molecule has 0 bridgehead atoms. The second kappa shape index (κ2) is 16.3. The molecule has 2 aromatic carbocycles. The van der Waals surface area contributed by atoms with Gasteiger partial charge in [-0.05, 0) is 74.1 Å². The number of halogens is 1. The number of amides is 3. The quantitative estimate of drug-likeness (QED) is 0.148. The van der Waals surface area contributed by atoms with Crippen molar-refractivity contribution in [2.75, 3.05) is 13.7 Å². The van der Waals surface area contributed by atoms with E-state index in [1.54, 1.807) is 32.2 Å². The van der Waals surface area contributed by atoms with Gasteiger partial charge in [-0.15, -0.1) is 0 Å². The molecular weight excluding hydrogens is 672 g/mol. The standard InChI is InChI=1S/C38H51ClN4O6Si/c1-24-12-11-19-48-35(45)22-31(26-16-17-33(29(39)20-26)49-50(7,8)38(3,4)5)42-36(46)32(21-27-23-40-30-14-10-9-13-28(27)30)43(6)37(47)25(2)41-34(44)18-15-24/h9-10,12-14,16-17,20,23,25,31-32,40H,11,15,18-19,21-22H2,1-8H3,(H,41,44)(H,42,46)/b24-12+/t25-,31+,32+/m0/s1. The Bertz CT molecular complexity index is 1750. The van der Waals surface area contributed by atoms with Gasteiger partial charge in [-0.2, -0.15) is 0 Å². The van der Waals surface area contributed by atoms with E-state index in [4.69, 9.17) is 20.8 Å². The summed E-state index contributed by atoms with van der Waals surface area (Å²) in [7, 11) is -0.647. The highest BCUT2D eigenvalue weighted by molar-refractivity contribution is 6.74. The van der Waals surface area contributed by atoms with Crippen LogP contribution in [0, 0.1) is 0 Å². The molecule has 3 atom stereocenters. The average Bonchev–Trinajstić information content (AvgIpc) is 3.46. The van der Waals surface area contributed by atoms with Gasteiger partial charge in [0.05, 0.1) is 24.1 Å². The fourth-order valence-corrected chi connectivity index (χ4v) is 6.96. The van der Waals surface area contributed by atoms with Crippen LogP contribution in [0.2, 0.25) is 23.2 Å². The van der Waals surface area contributed by atoms with Crippen molar-refractivity contribution in [1.29, 1.82) is 0 Å². The van der Waals surface area contributed by atoms with Crippen molar-refractivity contribution in [3.05, 3.63) is 76.5 Å². The van der Waals surface area contributed by atoms with E-state index in [1.807, 2.05) is 43.5 Å². The molecule has 1 aliphatic heterocycles. The predicted octanol–water partition coefficient (Wildman–Crippen LogP) is 7.00. The van der Waals surface area contributed by atoms with E-state index in [0.717, 1.165) is 22.0 Å². The number of carbonyl (C=O) groups excluding carboxylic acids is 4. The van der Waals surface area contributed by atoms with Crippen molar-refractivity contribution < 1.29 is 28.3 Å². The molecule has 2 heterocycles. The molecule has 0 unspecified atom stereocenters. The topological polar surface area (TPSA) is 130 Å². The highest BCUT2D eigenvalue weighted by Gasteiger charge is 2.39. The minimum Gasteiger partial charge on any atom is -0.543 e. The van der Waals surface area contributed by atoms with Crippen molar-refractivity contribution in [3.8, 4) is 5.75 Å². The van der Waals surface area contributed by atoms with E-state index >= 15 is 0 Å². The molecule has 10 nitrogen and oxygen atoms in total. The maximum absolute atomic E-state index is 14.4. The van der Waals surface area contributed by atoms with Gasteiger partial charge in [0, 0.05) is 37.0 Å². The largest absolute Gasteiger partial charge is 0.543 e. The molecule has 0 saturated carbocycles. The fraction of sp³-hybridized carbons (Fsp3) is 0.474. The molecular formula is C38H51ClN4O6Si. The van der Waals surface area contributed by atoms with Crippen LogP contribution >= 0.6 is 11.6 Å². The number of nitrogens with zero attached hydrogens (tertiary/aromatic N) is 1. The smallest absolute Gasteiger partial charge is 0.308 e. The molecule has 1 aliphatic rings. The molecule has 3 aromatic rings. The average molecular weight is 723 g/mol. The van der Waals surface area contributed by atoms with Crippen LogP contribution in [0.1, 0.15) is 77.5 Å². The van der Waals surface area contributed by atoms with Crippen molar-refractivity contribution in [3.63, 3.8) is 0 Å². The number of aromatic amines is 1. The summed E-state index contributed by atoms with van der Waals surface area (Å²) < 4.78 is 12.0. The second-order valence-electron chi connectivity index (χ2n) is 14.7. The Morgan fingerprint density at radius 3 is 2.46 bits per heavy atom. The van der Waals surface area contributed by atoms with Crippen molar-refractivity contribution in [1.82, 2.24) is 20.5 Å². The zero-order valence-electron chi connectivity index (χ0n) is 30.4. The van der Waals surface area contributed by atoms with Gasteiger partial charge in [0.1, 0.15) is 17.8 Å². The lowest BCUT2D eigenvalue weighted by Gasteiger charge is -2.36. The number of benzene rings is 2. The monoisotopic (exact) mass is 722 g/mol. The van der Waals surface area contributed by atoms with Gasteiger partial charge in [-0.1, -0.05) is 68.3 Å². The Morgan fingerprint density at radius 1 is 1.04 bits per heavy atom. The van der Waals surface area contributed by atoms with Gasteiger partial charge in [0.25, 0.3) is 8.32 Å². The molecule has 0 aliphatic carbocycles. The van der Waals surface area contributed by atoms with Crippen LogP contribution in [0.4, 0.5) is 0 Å². The molecule has 1 aromatic heterocycles. The van der Waals surface area contributed by atoms with E-state index in [1.165, 1.54) is 4.90 Å². The summed E-state index contributed by atoms with van der Waals surface area (Å²) in [6, 6.07) is 10.3. The molecule has 0 spiro atoms. The summed E-state index contributed by atoms with van der Waals surface area (Å²) in [5.74, 6) is -1.12. The number of hydrogen-bond acceptors (Lipinski definition) is 6. The molecule has 270 valence electrons. The predicted molar refractivity (Wildman–Crippen MR) is 200 cm³/mol. The summed E-state index contributed by atoms with van der Waals surface area (Å²) in [4.78, 5) is 58.7. The zero-order chi connectivity index (χ0) is 36.8. The van der Waals surface area contributed by atoms with Crippen molar-refractivity contribution >= 4 is 54.5 Å². The van der Waals surface area contributed by atoms with Crippen LogP contribution in [0.25, 0.3) is 10.9 Å². The van der Waals surface area contributed by atoms with Crippen molar-refractivity contribution in [2.45, 2.75) is 103 Å². The summed E-state index contributed by atoms with van der Waals surface area (Å²) >= 11 is 6.79. The maximum atomic E-state index is 14.4. The number of carbonyl (C=O) groups is 4. The number of H-pyrrole nitrogens is 1. The van der Waals surface area contributed by atoms with Gasteiger partial charge in [0.15, 0.2) is 0 Å². The van der Waals surface area contributed by atoms with E-state index in [-0.39, 0.29) is 36.8 Å². The molecule has 12 heteroatoms. The van der Waals surface area contributed by atoms with Gasteiger partial charge in [-0.25, -0.2) is 0 Å². The normalized spacial score (nSPS) is 22.1. The summed E-state index contributed by atoms with van der Waals surface area (Å²) in [6.07, 6.45) is 4.97. The first-order valence-electron chi connectivity index (χ1n) is 17.2. The number of para-hydroxylation sites is 1. The Morgan fingerprint density at radius 2 is 1.76 bits per heavy atom. The van der Waals surface area contributed by atoms with Crippen LogP contribution in [0.5, 0.6) is 5.75 Å². The molecule has 0 fully saturated rings. The number of allylic oxidation sites excluding steroid dienone is 1. The number of fused-ring (bicyclic) bond motifs is 1.